The second kappa shape index (κ2) is 6.88. The van der Waals surface area contributed by atoms with Gasteiger partial charge in [0, 0.05) is 36.0 Å². The minimum atomic E-state index is -0.694. The Morgan fingerprint density at radius 1 is 1.40 bits per heavy atom. The van der Waals surface area contributed by atoms with E-state index in [1.165, 1.54) is 6.92 Å². The molecule has 0 bridgehead atoms. The lowest BCUT2D eigenvalue weighted by molar-refractivity contribution is -0.125. The van der Waals surface area contributed by atoms with Gasteiger partial charge in [0.2, 0.25) is 6.10 Å². The van der Waals surface area contributed by atoms with E-state index in [2.05, 4.69) is 15.6 Å². The summed E-state index contributed by atoms with van der Waals surface area (Å²) in [4.78, 5) is 29.1. The Kier molecular flexibility index (Phi) is 4.65. The summed E-state index contributed by atoms with van der Waals surface area (Å²) in [7, 11) is 0. The second-order valence-corrected chi connectivity index (χ2v) is 5.95. The van der Waals surface area contributed by atoms with Gasteiger partial charge in [0.1, 0.15) is 0 Å². The number of aryl methyl sites for hydroxylation is 2. The highest BCUT2D eigenvalue weighted by Gasteiger charge is 2.30. The van der Waals surface area contributed by atoms with Gasteiger partial charge in [0.15, 0.2) is 5.78 Å². The lowest BCUT2D eigenvalue weighted by atomic mass is 10.1. The normalized spacial score (nSPS) is 16.3. The zero-order valence-electron chi connectivity index (χ0n) is 14.4. The largest absolute Gasteiger partial charge is 0.382 e. The van der Waals surface area contributed by atoms with E-state index in [0.29, 0.717) is 17.7 Å². The fourth-order valence-electron chi connectivity index (χ4n) is 2.68. The van der Waals surface area contributed by atoms with Crippen LogP contribution in [0.25, 0.3) is 0 Å². The van der Waals surface area contributed by atoms with Crippen LogP contribution in [-0.2, 0) is 16.2 Å². The fraction of sp³-hybridized carbons (Fsp3) is 0.333. The molecular formula is C18H20N4O3. The molecule has 0 saturated carbocycles. The summed E-state index contributed by atoms with van der Waals surface area (Å²) in [6.07, 6.45) is 1.60. The molecule has 1 aliphatic rings. The van der Waals surface area contributed by atoms with E-state index in [-0.39, 0.29) is 11.7 Å². The van der Waals surface area contributed by atoms with Crippen LogP contribution in [0.2, 0.25) is 0 Å². The summed E-state index contributed by atoms with van der Waals surface area (Å²) in [6, 6.07) is 6.81. The summed E-state index contributed by atoms with van der Waals surface area (Å²) in [5.41, 5.74) is 3.58. The molecule has 2 heterocycles. The zero-order chi connectivity index (χ0) is 18.0. The van der Waals surface area contributed by atoms with Crippen molar-refractivity contribution in [2.45, 2.75) is 39.8 Å². The summed E-state index contributed by atoms with van der Waals surface area (Å²) in [5.74, 6) is -0.345. The molecular weight excluding hydrogens is 320 g/mol. The van der Waals surface area contributed by atoms with E-state index in [9.17, 15) is 9.59 Å². The summed E-state index contributed by atoms with van der Waals surface area (Å²) in [6.45, 7) is 6.17. The van der Waals surface area contributed by atoms with Gasteiger partial charge in [-0.3, -0.25) is 14.3 Å². The number of carbonyl (C=O) groups excluding carboxylic acids is 2. The maximum absolute atomic E-state index is 12.4. The molecule has 0 spiro atoms. The van der Waals surface area contributed by atoms with Gasteiger partial charge in [0.05, 0.1) is 11.4 Å². The fourth-order valence-corrected chi connectivity index (χ4v) is 2.68. The Balaban J connectivity index is 1.66. The highest BCUT2D eigenvalue weighted by molar-refractivity contribution is 6.06. The Bertz CT molecular complexity index is 854. The first-order valence-electron chi connectivity index (χ1n) is 8.17. The van der Waals surface area contributed by atoms with Crippen LogP contribution in [0.1, 0.15) is 41.9 Å². The molecule has 0 unspecified atom stereocenters. The van der Waals surface area contributed by atoms with Crippen molar-refractivity contribution in [3.8, 4) is 0 Å². The third kappa shape index (κ3) is 3.60. The minimum Gasteiger partial charge on any atom is -0.382 e. The van der Waals surface area contributed by atoms with E-state index in [1.54, 1.807) is 24.3 Å². The maximum Gasteiger partial charge on any atom is 0.268 e. The molecule has 1 amide bonds. The Hall–Kier alpha value is -2.96. The number of nitrogens with one attached hydrogen (secondary N) is 1. The van der Waals surface area contributed by atoms with Crippen LogP contribution in [0.15, 0.2) is 35.6 Å². The van der Waals surface area contributed by atoms with Crippen molar-refractivity contribution in [2.75, 3.05) is 5.32 Å². The van der Waals surface area contributed by atoms with Crippen molar-refractivity contribution >= 4 is 23.1 Å². The van der Waals surface area contributed by atoms with Crippen LogP contribution in [-0.4, -0.2) is 33.3 Å². The number of benzene rings is 1. The molecule has 1 aromatic carbocycles. The SMILES string of the molecule is CCn1cc(C2=NO[C@@H](C(=O)Nc3cccc(C(C)=O)c3)C2)c(C)n1. The van der Waals surface area contributed by atoms with E-state index < -0.39 is 6.10 Å². The predicted molar refractivity (Wildman–Crippen MR) is 93.7 cm³/mol. The summed E-state index contributed by atoms with van der Waals surface area (Å²) in [5, 5.41) is 11.2. The highest BCUT2D eigenvalue weighted by Crippen LogP contribution is 2.20. The maximum atomic E-state index is 12.4. The molecule has 2 aromatic rings. The van der Waals surface area contributed by atoms with Crippen LogP contribution < -0.4 is 5.32 Å². The van der Waals surface area contributed by atoms with Gasteiger partial charge < -0.3 is 10.2 Å². The van der Waals surface area contributed by atoms with Crippen molar-refractivity contribution in [3.05, 3.63) is 47.3 Å². The van der Waals surface area contributed by atoms with E-state index in [0.717, 1.165) is 23.5 Å². The molecule has 1 N–H and O–H groups in total. The number of anilines is 1. The number of carbonyl (C=O) groups is 2. The molecule has 1 atom stereocenters. The first kappa shape index (κ1) is 16.9. The lowest BCUT2D eigenvalue weighted by Gasteiger charge is -2.10. The van der Waals surface area contributed by atoms with Crippen molar-refractivity contribution in [3.63, 3.8) is 0 Å². The molecule has 0 fully saturated rings. The number of aromatic nitrogens is 2. The Labute approximate surface area is 145 Å². The molecule has 1 aliphatic heterocycles. The van der Waals surface area contributed by atoms with E-state index >= 15 is 0 Å². The van der Waals surface area contributed by atoms with Crippen LogP contribution >= 0.6 is 0 Å². The summed E-state index contributed by atoms with van der Waals surface area (Å²) >= 11 is 0. The molecule has 25 heavy (non-hydrogen) atoms. The number of oxime groups is 1. The number of rotatable bonds is 5. The molecule has 3 rings (SSSR count). The van der Waals surface area contributed by atoms with Gasteiger partial charge >= 0.3 is 0 Å². The number of nitrogens with zero attached hydrogens (tertiary/aromatic N) is 3. The minimum absolute atomic E-state index is 0.0535. The molecule has 0 aliphatic carbocycles. The van der Waals surface area contributed by atoms with Crippen molar-refractivity contribution in [2.24, 2.45) is 5.16 Å². The second-order valence-electron chi connectivity index (χ2n) is 5.95. The number of ketones is 1. The van der Waals surface area contributed by atoms with Gasteiger partial charge in [-0.05, 0) is 32.9 Å². The number of hydrogen-bond acceptors (Lipinski definition) is 5. The van der Waals surface area contributed by atoms with E-state index in [4.69, 9.17) is 4.84 Å². The van der Waals surface area contributed by atoms with Crippen LogP contribution in [0, 0.1) is 6.92 Å². The molecule has 0 saturated heterocycles. The topological polar surface area (TPSA) is 85.6 Å². The van der Waals surface area contributed by atoms with Gasteiger partial charge in [-0.15, -0.1) is 0 Å². The molecule has 7 nitrogen and oxygen atoms in total. The first-order chi connectivity index (χ1) is 12.0. The Morgan fingerprint density at radius 2 is 2.20 bits per heavy atom. The smallest absolute Gasteiger partial charge is 0.268 e. The van der Waals surface area contributed by atoms with Gasteiger partial charge in [-0.25, -0.2) is 0 Å². The summed E-state index contributed by atoms with van der Waals surface area (Å²) < 4.78 is 1.83. The third-order valence-corrected chi connectivity index (χ3v) is 4.08. The molecule has 7 heteroatoms. The Morgan fingerprint density at radius 3 is 2.88 bits per heavy atom. The third-order valence-electron chi connectivity index (χ3n) is 4.08. The molecule has 0 radical (unpaired) electrons. The predicted octanol–water partition coefficient (Wildman–Crippen LogP) is 2.55. The number of amides is 1. The van der Waals surface area contributed by atoms with Crippen molar-refractivity contribution in [1.82, 2.24) is 9.78 Å². The standard InChI is InChI=1S/C18H20N4O3/c1-4-22-10-15(11(2)20-22)16-9-17(25-21-16)18(24)19-14-7-5-6-13(8-14)12(3)23/h5-8,10,17H,4,9H2,1-3H3,(H,19,24)/t17-/m1/s1. The average Bonchev–Trinajstić information content (AvgIpc) is 3.21. The van der Waals surface area contributed by atoms with E-state index in [1.807, 2.05) is 24.7 Å². The van der Waals surface area contributed by atoms with Crippen molar-refractivity contribution < 1.29 is 14.4 Å². The number of Topliss-reactive ketones (excluding diaryl/α,β-unsaturated/α-hetero) is 1. The molecule has 130 valence electrons. The van der Waals surface area contributed by atoms with Crippen LogP contribution in [0.5, 0.6) is 0 Å². The monoisotopic (exact) mass is 340 g/mol. The quantitative estimate of drug-likeness (QED) is 0.848. The highest BCUT2D eigenvalue weighted by atomic mass is 16.6. The van der Waals surface area contributed by atoms with Gasteiger partial charge in [-0.2, -0.15) is 5.10 Å². The van der Waals surface area contributed by atoms with Gasteiger partial charge in [0.25, 0.3) is 5.91 Å². The lowest BCUT2D eigenvalue weighted by Crippen LogP contribution is -2.28. The zero-order valence-corrected chi connectivity index (χ0v) is 14.4. The van der Waals surface area contributed by atoms with Crippen molar-refractivity contribution in [1.29, 1.82) is 0 Å². The molecule has 1 aromatic heterocycles. The van der Waals surface area contributed by atoms with Crippen LogP contribution in [0.4, 0.5) is 5.69 Å². The first-order valence-corrected chi connectivity index (χ1v) is 8.17. The van der Waals surface area contributed by atoms with Crippen LogP contribution in [0.3, 0.4) is 0 Å². The number of hydrogen-bond donors (Lipinski definition) is 1. The van der Waals surface area contributed by atoms with Gasteiger partial charge in [-0.1, -0.05) is 17.3 Å². The average molecular weight is 340 g/mol.